The van der Waals surface area contributed by atoms with Gasteiger partial charge in [0.05, 0.1) is 22.1 Å². The molecule has 2 aliphatic rings. The molecule has 0 amide bonds. The molecule has 0 N–H and O–H groups in total. The summed E-state index contributed by atoms with van der Waals surface area (Å²) in [5, 5.41) is 4.63. The average molecular weight is 891 g/mol. The second kappa shape index (κ2) is 14.9. The second-order valence-corrected chi connectivity index (χ2v) is 18.7. The summed E-state index contributed by atoms with van der Waals surface area (Å²) in [6.45, 7) is 0. The molecule has 2 aromatic heterocycles. The highest BCUT2D eigenvalue weighted by Gasteiger charge is 2.52. The smallest absolute Gasteiger partial charge is 0.135 e. The summed E-state index contributed by atoms with van der Waals surface area (Å²) in [4.78, 5) is 2.47. The third kappa shape index (κ3) is 5.46. The molecule has 11 aromatic carbocycles. The molecule has 0 atom stereocenters. The Kier molecular flexibility index (Phi) is 8.28. The summed E-state index contributed by atoms with van der Waals surface area (Å²) in [6.07, 6.45) is 0. The topological polar surface area (TPSA) is 21.3 Å². The van der Waals surface area contributed by atoms with Gasteiger partial charge in [-0.05, 0) is 140 Å². The van der Waals surface area contributed by atoms with E-state index in [-0.39, 0.29) is 0 Å². The number of rotatable bonds is 6. The van der Waals surface area contributed by atoms with Crippen LogP contribution >= 0.6 is 0 Å². The lowest BCUT2D eigenvalue weighted by Crippen LogP contribution is -2.26. The molecule has 326 valence electrons. The Labute approximate surface area is 405 Å². The third-order valence-corrected chi connectivity index (χ3v) is 15.2. The first kappa shape index (κ1) is 38.9. The van der Waals surface area contributed by atoms with Crippen LogP contribution in [0.25, 0.3) is 93.9 Å². The van der Waals surface area contributed by atoms with E-state index < -0.39 is 5.41 Å². The van der Waals surface area contributed by atoms with Crippen LogP contribution in [0.3, 0.4) is 0 Å². The Morgan fingerprint density at radius 1 is 0.329 bits per heavy atom. The van der Waals surface area contributed by atoms with Gasteiger partial charge in [-0.3, -0.25) is 0 Å². The number of hydrogen-bond donors (Lipinski definition) is 0. The van der Waals surface area contributed by atoms with Crippen LogP contribution in [-0.2, 0) is 5.41 Å². The first-order valence-corrected chi connectivity index (χ1v) is 24.2. The molecule has 0 radical (unpaired) electrons. The number of aromatic nitrogens is 1. The van der Waals surface area contributed by atoms with Gasteiger partial charge in [0.2, 0.25) is 0 Å². The minimum atomic E-state index is -0.460. The van der Waals surface area contributed by atoms with Crippen molar-refractivity contribution in [1.29, 1.82) is 0 Å². The number of nitrogens with zero attached hydrogens (tertiary/aromatic N) is 2. The Morgan fingerprint density at radius 2 is 0.843 bits per heavy atom. The number of benzene rings is 11. The van der Waals surface area contributed by atoms with Gasteiger partial charge < -0.3 is 13.9 Å². The highest BCUT2D eigenvalue weighted by Crippen LogP contribution is 2.64. The van der Waals surface area contributed by atoms with Crippen molar-refractivity contribution in [2.75, 3.05) is 4.90 Å². The van der Waals surface area contributed by atoms with Crippen molar-refractivity contribution in [2.24, 2.45) is 0 Å². The lowest BCUT2D eigenvalue weighted by molar-refractivity contribution is 0.669. The van der Waals surface area contributed by atoms with Crippen LogP contribution in [-0.4, -0.2) is 4.57 Å². The SMILES string of the molecule is c1ccc(-c2ccc(N(c3ccc4oc5ccc(-c6ccc7c(c6)c6ccccc6n7-c6ccccc6)cc5c4c3)c3cccc4c3-c3ccccc3C43c4ccccc4-c4ccccc43)cc2)cc1. The van der Waals surface area contributed by atoms with Crippen molar-refractivity contribution in [3.63, 3.8) is 0 Å². The van der Waals surface area contributed by atoms with E-state index >= 15 is 0 Å². The van der Waals surface area contributed by atoms with Crippen LogP contribution in [0.15, 0.2) is 259 Å². The van der Waals surface area contributed by atoms with Gasteiger partial charge in [-0.25, -0.2) is 0 Å². The first-order valence-electron chi connectivity index (χ1n) is 24.2. The van der Waals surface area contributed by atoms with Crippen LogP contribution in [0.1, 0.15) is 22.3 Å². The number of hydrogen-bond acceptors (Lipinski definition) is 2. The minimum Gasteiger partial charge on any atom is -0.456 e. The van der Waals surface area contributed by atoms with Gasteiger partial charge in [0.25, 0.3) is 0 Å². The highest BCUT2D eigenvalue weighted by atomic mass is 16.3. The molecular formula is C67H42N2O. The van der Waals surface area contributed by atoms with Gasteiger partial charge in [-0.2, -0.15) is 0 Å². The number of anilines is 3. The van der Waals surface area contributed by atoms with Crippen molar-refractivity contribution in [2.45, 2.75) is 5.41 Å². The monoisotopic (exact) mass is 890 g/mol. The van der Waals surface area contributed by atoms with Crippen molar-refractivity contribution in [1.82, 2.24) is 4.57 Å². The zero-order valence-electron chi connectivity index (χ0n) is 38.1. The number of furan rings is 1. The summed E-state index contributed by atoms with van der Waals surface area (Å²) in [7, 11) is 0. The van der Waals surface area contributed by atoms with E-state index in [0.29, 0.717) is 0 Å². The van der Waals surface area contributed by atoms with Gasteiger partial charge in [0.1, 0.15) is 11.2 Å². The predicted molar refractivity (Wildman–Crippen MR) is 290 cm³/mol. The first-order chi connectivity index (χ1) is 34.7. The summed E-state index contributed by atoms with van der Waals surface area (Å²) in [5.41, 5.74) is 23.2. The molecule has 70 heavy (non-hydrogen) atoms. The van der Waals surface area contributed by atoms with E-state index in [1.54, 1.807) is 0 Å². The normalized spacial score (nSPS) is 13.0. The third-order valence-electron chi connectivity index (χ3n) is 15.2. The highest BCUT2D eigenvalue weighted by molar-refractivity contribution is 6.12. The van der Waals surface area contributed by atoms with Crippen LogP contribution in [0, 0.1) is 0 Å². The fraction of sp³-hybridized carbons (Fsp3) is 0.0149. The molecule has 0 bridgehead atoms. The van der Waals surface area contributed by atoms with E-state index in [1.807, 2.05) is 0 Å². The standard InChI is InChI=1S/C67H42N2O/c1-3-16-43(17-4-1)44-30-34-48(35-31-44)68(63-29-15-27-60-66(63)53-23-9-13-26-59(53)67(60)57-24-11-7-20-50(57)51-21-8-12-25-58(51)67)49-36-39-65-56(42-49)55-41-46(33-38-64(55)70-65)45-32-37-62-54(40-45)52-22-10-14-28-61(52)69(62)47-18-5-2-6-19-47/h1-42H. The van der Waals surface area contributed by atoms with E-state index in [1.165, 1.54) is 83.0 Å². The van der Waals surface area contributed by atoms with Crippen molar-refractivity contribution in [3.8, 4) is 50.2 Å². The molecule has 3 heteroatoms. The Morgan fingerprint density at radius 3 is 1.59 bits per heavy atom. The fourth-order valence-corrected chi connectivity index (χ4v) is 12.3. The molecule has 0 aliphatic heterocycles. The molecular weight excluding hydrogens is 849 g/mol. The second-order valence-electron chi connectivity index (χ2n) is 18.7. The van der Waals surface area contributed by atoms with Gasteiger partial charge in [0.15, 0.2) is 0 Å². The number of para-hydroxylation sites is 2. The molecule has 1 spiro atoms. The van der Waals surface area contributed by atoms with E-state index in [2.05, 4.69) is 264 Å². The van der Waals surface area contributed by atoms with Crippen LogP contribution in [0.4, 0.5) is 17.1 Å². The van der Waals surface area contributed by atoms with Crippen LogP contribution in [0.5, 0.6) is 0 Å². The van der Waals surface area contributed by atoms with Gasteiger partial charge in [-0.15, -0.1) is 0 Å². The maximum atomic E-state index is 6.66. The lowest BCUT2D eigenvalue weighted by Gasteiger charge is -2.31. The van der Waals surface area contributed by atoms with Crippen LogP contribution < -0.4 is 4.90 Å². The molecule has 0 saturated carbocycles. The minimum absolute atomic E-state index is 0.460. The van der Waals surface area contributed by atoms with E-state index in [4.69, 9.17) is 4.42 Å². The van der Waals surface area contributed by atoms with Crippen molar-refractivity contribution < 1.29 is 4.42 Å². The molecule has 2 heterocycles. The maximum Gasteiger partial charge on any atom is 0.135 e. The maximum absolute atomic E-state index is 6.66. The van der Waals surface area contributed by atoms with E-state index in [0.717, 1.165) is 50.3 Å². The quantitative estimate of drug-likeness (QED) is 0.166. The molecule has 13 aromatic rings. The Bertz CT molecular complexity index is 4190. The predicted octanol–water partition coefficient (Wildman–Crippen LogP) is 17.8. The lowest BCUT2D eigenvalue weighted by atomic mass is 9.70. The zero-order valence-corrected chi connectivity index (χ0v) is 38.1. The summed E-state index contributed by atoms with van der Waals surface area (Å²) >= 11 is 0. The molecule has 2 aliphatic carbocycles. The van der Waals surface area contributed by atoms with Gasteiger partial charge >= 0.3 is 0 Å². The molecule has 15 rings (SSSR count). The summed E-state index contributed by atoms with van der Waals surface area (Å²) in [5.74, 6) is 0. The molecule has 0 saturated heterocycles. The van der Waals surface area contributed by atoms with Crippen LogP contribution in [0.2, 0.25) is 0 Å². The zero-order chi connectivity index (χ0) is 45.9. The largest absolute Gasteiger partial charge is 0.456 e. The van der Waals surface area contributed by atoms with Gasteiger partial charge in [-0.1, -0.05) is 176 Å². The molecule has 0 unspecified atom stereocenters. The number of fused-ring (bicyclic) bond motifs is 16. The van der Waals surface area contributed by atoms with Crippen molar-refractivity contribution in [3.05, 3.63) is 277 Å². The average Bonchev–Trinajstić information content (AvgIpc) is 4.16. The molecule has 3 nitrogen and oxygen atoms in total. The molecule has 0 fully saturated rings. The summed E-state index contributed by atoms with van der Waals surface area (Å²) < 4.78 is 9.03. The van der Waals surface area contributed by atoms with E-state index in [9.17, 15) is 0 Å². The fourth-order valence-electron chi connectivity index (χ4n) is 12.3. The Balaban J connectivity index is 0.929. The van der Waals surface area contributed by atoms with Gasteiger partial charge in [0, 0.05) is 44.2 Å². The van der Waals surface area contributed by atoms with Crippen molar-refractivity contribution >= 4 is 60.8 Å². The Hall–Kier alpha value is -9.18. The summed E-state index contributed by atoms with van der Waals surface area (Å²) in [6, 6.07) is 93.5.